The van der Waals surface area contributed by atoms with E-state index in [0.717, 1.165) is 43.2 Å². The zero-order valence-corrected chi connectivity index (χ0v) is 16.7. The van der Waals surface area contributed by atoms with Gasteiger partial charge in [0.15, 0.2) is 11.5 Å². The summed E-state index contributed by atoms with van der Waals surface area (Å²) in [6, 6.07) is 7.27. The highest BCUT2D eigenvalue weighted by Gasteiger charge is 2.10. The summed E-state index contributed by atoms with van der Waals surface area (Å²) in [4.78, 5) is 11.3. The first-order valence-corrected chi connectivity index (χ1v) is 10.3. The number of carbonyl (C=O) groups excluding carboxylic acids is 1. The Hall–Kier alpha value is -1.75. The van der Waals surface area contributed by atoms with E-state index in [9.17, 15) is 4.79 Å². The number of esters is 1. The van der Waals surface area contributed by atoms with Gasteiger partial charge in [-0.15, -0.1) is 0 Å². The van der Waals surface area contributed by atoms with E-state index in [2.05, 4.69) is 12.6 Å². The van der Waals surface area contributed by atoms with Crippen LogP contribution in [0.15, 0.2) is 30.4 Å². The Morgan fingerprint density at radius 1 is 1.08 bits per heavy atom. The molecule has 2 radical (unpaired) electrons. The van der Waals surface area contributed by atoms with Gasteiger partial charge in [-0.1, -0.05) is 44.0 Å². The second-order valence-electron chi connectivity index (χ2n) is 5.76. The first-order chi connectivity index (χ1) is 12.1. The lowest BCUT2D eigenvalue weighted by atomic mass is 10.2. The van der Waals surface area contributed by atoms with Gasteiger partial charge < -0.3 is 14.2 Å². The maximum atomic E-state index is 11.3. The van der Waals surface area contributed by atoms with E-state index in [4.69, 9.17) is 14.2 Å². The lowest BCUT2D eigenvalue weighted by Gasteiger charge is -2.14. The molecule has 138 valence electrons. The number of ether oxygens (including phenoxy) is 3. The van der Waals surface area contributed by atoms with Gasteiger partial charge in [0.05, 0.1) is 29.3 Å². The van der Waals surface area contributed by atoms with Crippen LogP contribution in [-0.2, 0) is 9.53 Å². The summed E-state index contributed by atoms with van der Waals surface area (Å²) in [5.74, 6) is 1.45. The number of hydrogen-bond donors (Lipinski definition) is 0. The molecular weight excluding hydrogens is 332 g/mol. The summed E-state index contributed by atoms with van der Waals surface area (Å²) < 4.78 is 16.6. The highest BCUT2D eigenvalue weighted by atomic mass is 28.2. The standard InChI is InChI=1S/C20H30O4Si/c1-5-22-17-12-11-13-18(19(17)23-6-2)25-15-10-8-7-9-14-24-20(21)16(3)4/h11-13H,3,5-10,14-15H2,1-2,4H3. The van der Waals surface area contributed by atoms with E-state index in [1.807, 2.05) is 26.0 Å². The predicted octanol–water partition coefficient (Wildman–Crippen LogP) is 3.91. The SMILES string of the molecule is C=C(C)C(=O)OCCCCCC[Si]c1cccc(OCC)c1OCC. The first kappa shape index (κ1) is 21.3. The first-order valence-electron chi connectivity index (χ1n) is 9.05. The number of rotatable bonds is 13. The Morgan fingerprint density at radius 3 is 2.48 bits per heavy atom. The van der Waals surface area contributed by atoms with Crippen LogP contribution in [0.5, 0.6) is 11.5 Å². The van der Waals surface area contributed by atoms with Crippen LogP contribution in [0, 0.1) is 0 Å². The minimum atomic E-state index is -0.292. The monoisotopic (exact) mass is 362 g/mol. The highest BCUT2D eigenvalue weighted by molar-refractivity contribution is 6.54. The molecule has 0 heterocycles. The lowest BCUT2D eigenvalue weighted by molar-refractivity contribution is -0.139. The van der Waals surface area contributed by atoms with Crippen molar-refractivity contribution >= 4 is 20.7 Å². The van der Waals surface area contributed by atoms with Crippen molar-refractivity contribution in [2.75, 3.05) is 19.8 Å². The zero-order chi connectivity index (χ0) is 18.5. The minimum absolute atomic E-state index is 0.292. The molecule has 0 aromatic heterocycles. The quantitative estimate of drug-likeness (QED) is 0.231. The van der Waals surface area contributed by atoms with E-state index in [1.54, 1.807) is 6.92 Å². The maximum absolute atomic E-state index is 11.3. The van der Waals surface area contributed by atoms with Crippen molar-refractivity contribution in [3.05, 3.63) is 30.4 Å². The van der Waals surface area contributed by atoms with Gasteiger partial charge in [-0.05, 0) is 38.4 Å². The molecule has 0 saturated carbocycles. The highest BCUT2D eigenvalue weighted by Crippen LogP contribution is 2.24. The van der Waals surface area contributed by atoms with E-state index in [1.165, 1.54) is 5.19 Å². The minimum Gasteiger partial charge on any atom is -0.490 e. The number of hydrogen-bond acceptors (Lipinski definition) is 4. The molecule has 1 aromatic rings. The van der Waals surface area contributed by atoms with Crippen molar-refractivity contribution in [2.45, 2.75) is 52.5 Å². The number of carbonyl (C=O) groups is 1. The summed E-state index contributed by atoms with van der Waals surface area (Å²) in [7, 11) is 0.717. The van der Waals surface area contributed by atoms with Crippen LogP contribution in [0.2, 0.25) is 6.04 Å². The van der Waals surface area contributed by atoms with Crippen molar-refractivity contribution in [3.63, 3.8) is 0 Å². The molecule has 0 aliphatic rings. The molecule has 0 fully saturated rings. The molecule has 1 aromatic carbocycles. The molecule has 0 atom stereocenters. The Balaban J connectivity index is 2.28. The Labute approximate surface area is 154 Å². The van der Waals surface area contributed by atoms with Gasteiger partial charge in [0.2, 0.25) is 0 Å². The fraction of sp³-hybridized carbons (Fsp3) is 0.550. The molecule has 25 heavy (non-hydrogen) atoms. The molecule has 0 bridgehead atoms. The molecule has 5 heteroatoms. The molecule has 4 nitrogen and oxygen atoms in total. The summed E-state index contributed by atoms with van der Waals surface area (Å²) >= 11 is 0. The number of unbranched alkanes of at least 4 members (excludes halogenated alkanes) is 3. The molecule has 0 amide bonds. The fourth-order valence-corrected chi connectivity index (χ4v) is 3.58. The third-order valence-corrected chi connectivity index (χ3v) is 4.91. The average Bonchev–Trinajstić information content (AvgIpc) is 2.59. The van der Waals surface area contributed by atoms with E-state index in [0.29, 0.717) is 34.9 Å². The number of para-hydroxylation sites is 1. The molecule has 0 unspecified atom stereocenters. The van der Waals surface area contributed by atoms with Gasteiger partial charge in [0.25, 0.3) is 0 Å². The Kier molecular flexibility index (Phi) is 10.7. The fourth-order valence-electron chi connectivity index (χ4n) is 2.31. The van der Waals surface area contributed by atoms with Crippen LogP contribution in [0.1, 0.15) is 46.5 Å². The van der Waals surface area contributed by atoms with Crippen molar-refractivity contribution < 1.29 is 19.0 Å². The third-order valence-electron chi connectivity index (χ3n) is 3.54. The van der Waals surface area contributed by atoms with Crippen LogP contribution in [0.25, 0.3) is 0 Å². The largest absolute Gasteiger partial charge is 0.490 e. The van der Waals surface area contributed by atoms with Gasteiger partial charge in [-0.2, -0.15) is 0 Å². The molecule has 0 saturated heterocycles. The van der Waals surface area contributed by atoms with Crippen LogP contribution >= 0.6 is 0 Å². The van der Waals surface area contributed by atoms with Crippen molar-refractivity contribution in [2.24, 2.45) is 0 Å². The summed E-state index contributed by atoms with van der Waals surface area (Å²) in [5, 5.41) is 1.24. The third kappa shape index (κ3) is 8.25. The number of benzene rings is 1. The van der Waals surface area contributed by atoms with Crippen molar-refractivity contribution in [1.82, 2.24) is 0 Å². The summed E-state index contributed by atoms with van der Waals surface area (Å²) in [5.41, 5.74) is 0.459. The van der Waals surface area contributed by atoms with Crippen molar-refractivity contribution in [1.29, 1.82) is 0 Å². The van der Waals surface area contributed by atoms with Gasteiger partial charge in [-0.3, -0.25) is 0 Å². The molecule has 1 rings (SSSR count). The Morgan fingerprint density at radius 2 is 1.80 bits per heavy atom. The van der Waals surface area contributed by atoms with Gasteiger partial charge >= 0.3 is 5.97 Å². The second-order valence-corrected chi connectivity index (χ2v) is 7.15. The summed E-state index contributed by atoms with van der Waals surface area (Å²) in [6.07, 6.45) is 4.29. The van der Waals surface area contributed by atoms with Gasteiger partial charge in [-0.25, -0.2) is 4.79 Å². The zero-order valence-electron chi connectivity index (χ0n) is 15.7. The smallest absolute Gasteiger partial charge is 0.333 e. The van der Waals surface area contributed by atoms with Crippen LogP contribution in [0.3, 0.4) is 0 Å². The van der Waals surface area contributed by atoms with E-state index >= 15 is 0 Å². The Bertz CT molecular complexity index is 542. The van der Waals surface area contributed by atoms with Crippen LogP contribution in [0.4, 0.5) is 0 Å². The molecule has 0 spiro atoms. The predicted molar refractivity (Wildman–Crippen MR) is 103 cm³/mol. The van der Waals surface area contributed by atoms with Crippen LogP contribution in [-0.4, -0.2) is 35.3 Å². The maximum Gasteiger partial charge on any atom is 0.333 e. The lowest BCUT2D eigenvalue weighted by Crippen LogP contribution is -2.18. The van der Waals surface area contributed by atoms with Gasteiger partial charge in [0.1, 0.15) is 0 Å². The topological polar surface area (TPSA) is 44.8 Å². The molecular formula is C20H30O4Si. The van der Waals surface area contributed by atoms with Gasteiger partial charge in [0, 0.05) is 5.57 Å². The van der Waals surface area contributed by atoms with E-state index < -0.39 is 0 Å². The molecule has 0 aliphatic heterocycles. The summed E-state index contributed by atoms with van der Waals surface area (Å²) in [6.45, 7) is 11.0. The van der Waals surface area contributed by atoms with Crippen molar-refractivity contribution in [3.8, 4) is 11.5 Å². The normalized spacial score (nSPS) is 10.4. The van der Waals surface area contributed by atoms with Crippen LogP contribution < -0.4 is 14.7 Å². The molecule has 0 N–H and O–H groups in total. The second kappa shape index (κ2) is 12.6. The van der Waals surface area contributed by atoms with E-state index in [-0.39, 0.29) is 5.97 Å². The average molecular weight is 363 g/mol. The molecule has 0 aliphatic carbocycles.